The fourth-order valence-electron chi connectivity index (χ4n) is 3.40. The molecule has 1 amide bonds. The van der Waals surface area contributed by atoms with Crippen molar-refractivity contribution in [1.82, 2.24) is 15.3 Å². The average molecular weight is 378 g/mol. The van der Waals surface area contributed by atoms with E-state index in [9.17, 15) is 4.79 Å². The number of nitrogens with one attached hydrogen (secondary N) is 2. The van der Waals surface area contributed by atoms with Gasteiger partial charge in [-0.05, 0) is 61.9 Å². The van der Waals surface area contributed by atoms with E-state index in [1.165, 1.54) is 0 Å². The highest BCUT2D eigenvalue weighted by Crippen LogP contribution is 2.26. The Kier molecular flexibility index (Phi) is 6.43. The molecule has 1 aromatic heterocycles. The molecule has 7 heteroatoms. The minimum atomic E-state index is -0.0846. The lowest BCUT2D eigenvalue weighted by molar-refractivity contribution is 0.0943. The van der Waals surface area contributed by atoms with Gasteiger partial charge in [0.2, 0.25) is 5.95 Å². The summed E-state index contributed by atoms with van der Waals surface area (Å²) in [5.41, 5.74) is 1.15. The molecular weight excluding hydrogens is 352 g/mol. The summed E-state index contributed by atoms with van der Waals surface area (Å²) in [6, 6.07) is 11.0. The third-order valence-electron chi connectivity index (χ3n) is 5.11. The summed E-state index contributed by atoms with van der Waals surface area (Å²) in [6.07, 6.45) is 5.95. The van der Waals surface area contributed by atoms with Crippen LogP contribution in [-0.4, -0.2) is 42.6 Å². The largest absolute Gasteiger partial charge is 0.363 e. The van der Waals surface area contributed by atoms with Crippen molar-refractivity contribution in [2.24, 2.45) is 5.92 Å². The van der Waals surface area contributed by atoms with Crippen LogP contribution in [-0.2, 0) is 0 Å². The molecule has 146 valence electrons. The molecule has 0 radical (unpaired) electrons. The zero-order valence-electron chi connectivity index (χ0n) is 16.4. The summed E-state index contributed by atoms with van der Waals surface area (Å²) in [6.45, 7) is 0.679. The van der Waals surface area contributed by atoms with Gasteiger partial charge in [0, 0.05) is 38.4 Å². The van der Waals surface area contributed by atoms with Crippen molar-refractivity contribution >= 4 is 17.7 Å². The molecule has 1 aliphatic carbocycles. The Bertz CT molecular complexity index is 835. The Morgan fingerprint density at radius 3 is 2.54 bits per heavy atom. The number of nitrogens with zero attached hydrogens (tertiary/aromatic N) is 4. The van der Waals surface area contributed by atoms with E-state index in [0.717, 1.165) is 31.5 Å². The molecule has 2 N–H and O–H groups in total. The maximum Gasteiger partial charge on any atom is 0.251 e. The second kappa shape index (κ2) is 9.18. The lowest BCUT2D eigenvalue weighted by Crippen LogP contribution is -2.34. The van der Waals surface area contributed by atoms with Gasteiger partial charge >= 0.3 is 0 Å². The van der Waals surface area contributed by atoms with Crippen LogP contribution in [0.2, 0.25) is 0 Å². The van der Waals surface area contributed by atoms with Crippen molar-refractivity contribution < 1.29 is 4.79 Å². The highest BCUT2D eigenvalue weighted by Gasteiger charge is 2.22. The van der Waals surface area contributed by atoms with Gasteiger partial charge in [-0.25, -0.2) is 4.98 Å². The zero-order valence-corrected chi connectivity index (χ0v) is 16.4. The number of benzene rings is 1. The van der Waals surface area contributed by atoms with E-state index in [-0.39, 0.29) is 5.91 Å². The van der Waals surface area contributed by atoms with Gasteiger partial charge in [0.1, 0.15) is 5.82 Å². The summed E-state index contributed by atoms with van der Waals surface area (Å²) in [4.78, 5) is 23.0. The van der Waals surface area contributed by atoms with Crippen LogP contribution >= 0.6 is 0 Å². The normalized spacial score (nSPS) is 18.8. The molecule has 0 aliphatic heterocycles. The van der Waals surface area contributed by atoms with Crippen LogP contribution < -0.4 is 15.5 Å². The van der Waals surface area contributed by atoms with Crippen molar-refractivity contribution in [1.29, 1.82) is 5.26 Å². The number of rotatable bonds is 6. The van der Waals surface area contributed by atoms with Gasteiger partial charge in [-0.3, -0.25) is 4.79 Å². The monoisotopic (exact) mass is 378 g/mol. The van der Waals surface area contributed by atoms with Crippen LogP contribution in [0.25, 0.3) is 0 Å². The van der Waals surface area contributed by atoms with Crippen LogP contribution in [0.15, 0.2) is 36.5 Å². The molecule has 1 fully saturated rings. The van der Waals surface area contributed by atoms with Gasteiger partial charge in [0.25, 0.3) is 5.91 Å². The Balaban J connectivity index is 1.43. The Hall–Kier alpha value is -3.14. The van der Waals surface area contributed by atoms with E-state index >= 15 is 0 Å². The minimum absolute atomic E-state index is 0.0846. The lowest BCUT2D eigenvalue weighted by Gasteiger charge is -2.29. The van der Waals surface area contributed by atoms with Gasteiger partial charge in [-0.2, -0.15) is 10.2 Å². The minimum Gasteiger partial charge on any atom is -0.363 e. The van der Waals surface area contributed by atoms with E-state index in [2.05, 4.69) is 26.7 Å². The first-order valence-corrected chi connectivity index (χ1v) is 9.60. The zero-order chi connectivity index (χ0) is 19.9. The third-order valence-corrected chi connectivity index (χ3v) is 5.11. The molecule has 0 atom stereocenters. The molecule has 28 heavy (non-hydrogen) atoms. The van der Waals surface area contributed by atoms with Crippen LogP contribution in [0, 0.1) is 17.2 Å². The molecule has 1 aromatic carbocycles. The molecule has 1 saturated carbocycles. The highest BCUT2D eigenvalue weighted by molar-refractivity contribution is 5.94. The van der Waals surface area contributed by atoms with Crippen molar-refractivity contribution in [3.63, 3.8) is 0 Å². The number of carbonyl (C=O) groups is 1. The Morgan fingerprint density at radius 1 is 1.18 bits per heavy atom. The molecule has 0 saturated heterocycles. The van der Waals surface area contributed by atoms with E-state index < -0.39 is 0 Å². The van der Waals surface area contributed by atoms with E-state index in [1.807, 2.05) is 25.1 Å². The number of aromatic nitrogens is 2. The van der Waals surface area contributed by atoms with E-state index in [1.54, 1.807) is 30.5 Å². The standard InChI is InChI=1S/C21H26N6O/c1-27(2)19-11-12-23-21(26-19)25-18-9-5-16(6-10-18)14-24-20(28)17-7-3-15(13-22)4-8-17/h3-4,7-8,11-12,16,18H,5-6,9-10,14H2,1-2H3,(H,24,28)(H,23,25,26)/t16-,18+. The Labute approximate surface area is 165 Å². The van der Waals surface area contributed by atoms with E-state index in [4.69, 9.17) is 5.26 Å². The predicted octanol–water partition coefficient (Wildman–Crippen LogP) is 2.81. The van der Waals surface area contributed by atoms with E-state index in [0.29, 0.717) is 35.6 Å². The number of hydrogen-bond acceptors (Lipinski definition) is 6. The number of hydrogen-bond donors (Lipinski definition) is 2. The van der Waals surface area contributed by atoms with Crippen LogP contribution in [0.3, 0.4) is 0 Å². The second-order valence-corrected chi connectivity index (χ2v) is 7.39. The maximum atomic E-state index is 12.3. The SMILES string of the molecule is CN(C)c1ccnc(N[C@H]2CC[C@@H](CNC(=O)c3ccc(C#N)cc3)CC2)n1. The Morgan fingerprint density at radius 2 is 1.89 bits per heavy atom. The van der Waals surface area contributed by atoms with Gasteiger partial charge in [0.15, 0.2) is 0 Å². The lowest BCUT2D eigenvalue weighted by atomic mass is 9.86. The van der Waals surface area contributed by atoms with Crippen LogP contribution in [0.5, 0.6) is 0 Å². The summed E-state index contributed by atoms with van der Waals surface area (Å²) in [5, 5.41) is 15.3. The number of nitriles is 1. The first-order valence-electron chi connectivity index (χ1n) is 9.60. The van der Waals surface area contributed by atoms with Crippen LogP contribution in [0.1, 0.15) is 41.6 Å². The number of anilines is 2. The van der Waals surface area contributed by atoms with Gasteiger partial charge in [0.05, 0.1) is 11.6 Å². The molecule has 0 unspecified atom stereocenters. The summed E-state index contributed by atoms with van der Waals surface area (Å²) in [7, 11) is 3.92. The highest BCUT2D eigenvalue weighted by atomic mass is 16.1. The molecule has 0 spiro atoms. The molecular formula is C21H26N6O. The molecule has 7 nitrogen and oxygen atoms in total. The quantitative estimate of drug-likeness (QED) is 0.803. The van der Waals surface area contributed by atoms with Crippen molar-refractivity contribution in [2.45, 2.75) is 31.7 Å². The average Bonchev–Trinajstić information content (AvgIpc) is 2.73. The molecule has 1 heterocycles. The number of amides is 1. The first kappa shape index (κ1) is 19.6. The third kappa shape index (κ3) is 5.19. The topological polar surface area (TPSA) is 93.9 Å². The number of carbonyl (C=O) groups excluding carboxylic acids is 1. The van der Waals surface area contributed by atoms with Gasteiger partial charge in [-0.15, -0.1) is 0 Å². The fraction of sp³-hybridized carbons (Fsp3) is 0.429. The van der Waals surface area contributed by atoms with Crippen molar-refractivity contribution in [3.05, 3.63) is 47.7 Å². The first-order chi connectivity index (χ1) is 13.5. The second-order valence-electron chi connectivity index (χ2n) is 7.39. The van der Waals surface area contributed by atoms with Crippen molar-refractivity contribution in [2.75, 3.05) is 30.9 Å². The van der Waals surface area contributed by atoms with Crippen molar-refractivity contribution in [3.8, 4) is 6.07 Å². The summed E-state index contributed by atoms with van der Waals surface area (Å²) >= 11 is 0. The summed E-state index contributed by atoms with van der Waals surface area (Å²) < 4.78 is 0. The van der Waals surface area contributed by atoms with Crippen LogP contribution in [0.4, 0.5) is 11.8 Å². The molecule has 3 rings (SSSR count). The smallest absolute Gasteiger partial charge is 0.251 e. The molecule has 2 aromatic rings. The van der Waals surface area contributed by atoms with Gasteiger partial charge < -0.3 is 15.5 Å². The molecule has 0 bridgehead atoms. The maximum absolute atomic E-state index is 12.3. The predicted molar refractivity (Wildman–Crippen MR) is 109 cm³/mol. The fourth-order valence-corrected chi connectivity index (χ4v) is 3.40. The van der Waals surface area contributed by atoms with Gasteiger partial charge in [-0.1, -0.05) is 0 Å². The molecule has 1 aliphatic rings. The summed E-state index contributed by atoms with van der Waals surface area (Å²) in [5.74, 6) is 1.95.